The van der Waals surface area contributed by atoms with Crippen molar-refractivity contribution in [2.45, 2.75) is 79.7 Å². The second-order valence-corrected chi connectivity index (χ2v) is 14.0. The molecule has 1 amide bonds. The van der Waals surface area contributed by atoms with Gasteiger partial charge in [-0.2, -0.15) is 5.26 Å². The van der Waals surface area contributed by atoms with Gasteiger partial charge in [-0.3, -0.25) is 25.1 Å². The number of ketones is 1. The van der Waals surface area contributed by atoms with Crippen LogP contribution in [0.1, 0.15) is 43.2 Å². The molecule has 1 saturated carbocycles. The summed E-state index contributed by atoms with van der Waals surface area (Å²) < 4.78 is 11.5. The summed E-state index contributed by atoms with van der Waals surface area (Å²) in [6, 6.07) is 8.28. The van der Waals surface area contributed by atoms with Gasteiger partial charge in [0.05, 0.1) is 49.2 Å². The minimum atomic E-state index is -0.482. The first-order chi connectivity index (χ1) is 20.9. The number of hydrogen-bond donors (Lipinski definition) is 2. The van der Waals surface area contributed by atoms with Crippen molar-refractivity contribution in [3.8, 4) is 11.8 Å². The topological polar surface area (TPSA) is 110 Å². The minimum absolute atomic E-state index is 0.0452. The molecule has 6 rings (SSSR count). The number of ether oxygens (including phenoxy) is 2. The van der Waals surface area contributed by atoms with Crippen LogP contribution in [0.3, 0.4) is 0 Å². The van der Waals surface area contributed by atoms with E-state index in [-0.39, 0.29) is 42.3 Å². The lowest BCUT2D eigenvalue weighted by Gasteiger charge is -2.55. The molecule has 5 aliphatic rings. The van der Waals surface area contributed by atoms with Gasteiger partial charge in [0.2, 0.25) is 5.91 Å². The van der Waals surface area contributed by atoms with E-state index in [0.29, 0.717) is 38.7 Å². The monoisotopic (exact) mass is 608 g/mol. The molecule has 43 heavy (non-hydrogen) atoms. The maximum atomic E-state index is 14.6. The Labute approximate surface area is 259 Å². The summed E-state index contributed by atoms with van der Waals surface area (Å²) in [4.78, 5) is 33.6. The number of carbonyl (C=O) groups is 2. The summed E-state index contributed by atoms with van der Waals surface area (Å²) in [6.45, 7) is 7.06. The Bertz CT molecular complexity index is 1270. The Kier molecular flexibility index (Phi) is 9.15. The number of methoxy groups -OCH3 is 1. The van der Waals surface area contributed by atoms with Gasteiger partial charge >= 0.3 is 0 Å². The lowest BCUT2D eigenvalue weighted by Crippen LogP contribution is -2.75. The predicted molar refractivity (Wildman–Crippen MR) is 165 cm³/mol. The molecule has 4 aliphatic heterocycles. The fourth-order valence-electron chi connectivity index (χ4n) is 7.81. The van der Waals surface area contributed by atoms with Crippen molar-refractivity contribution in [1.29, 1.82) is 5.26 Å². The van der Waals surface area contributed by atoms with E-state index in [1.807, 2.05) is 6.07 Å². The second-order valence-electron chi connectivity index (χ2n) is 12.7. The van der Waals surface area contributed by atoms with E-state index in [2.05, 4.69) is 52.3 Å². The van der Waals surface area contributed by atoms with Crippen LogP contribution < -0.4 is 15.4 Å². The molecule has 0 bridgehead atoms. The van der Waals surface area contributed by atoms with Crippen LogP contribution in [0.25, 0.3) is 0 Å². The first-order valence-electron chi connectivity index (χ1n) is 15.6. The number of hydrogen-bond acceptors (Lipinski definition) is 10. The molecular weight excluding hydrogens is 564 g/mol. The number of benzene rings is 1. The number of likely N-dealkylation sites (N-methyl/N-ethyl adjacent to an activating group) is 1. The van der Waals surface area contributed by atoms with Crippen molar-refractivity contribution in [3.63, 3.8) is 0 Å². The van der Waals surface area contributed by atoms with Crippen LogP contribution in [0.5, 0.6) is 5.75 Å². The highest BCUT2D eigenvalue weighted by Gasteiger charge is 2.55. The first kappa shape index (κ1) is 30.6. The number of rotatable bonds is 7. The summed E-state index contributed by atoms with van der Waals surface area (Å²) in [7, 11) is 3.82. The highest BCUT2D eigenvalue weighted by molar-refractivity contribution is 8.00. The number of likely N-dealkylation sites (tertiary alicyclic amines) is 1. The van der Waals surface area contributed by atoms with Crippen molar-refractivity contribution in [3.05, 3.63) is 42.0 Å². The fraction of sp³-hybridized carbons (Fsp3) is 0.656. The smallest absolute Gasteiger partial charge is 0.246 e. The zero-order valence-corrected chi connectivity index (χ0v) is 26.1. The molecule has 4 fully saturated rings. The van der Waals surface area contributed by atoms with Gasteiger partial charge in [0, 0.05) is 37.3 Å². The van der Waals surface area contributed by atoms with Gasteiger partial charge in [0.25, 0.3) is 0 Å². The van der Waals surface area contributed by atoms with E-state index in [1.165, 1.54) is 23.6 Å². The SMILES string of the molecule is C=CC(=O)N1CCN(C2NC(OCC3CCCN3C)NC3C(=O)[C@@]4(CCC32)Cc2cc(OC)ccc2CS4)CC1CC#N. The number of Topliss-reactive ketones (excluding diaryl/α,β-unsaturated/α-hetero) is 1. The van der Waals surface area contributed by atoms with Crippen LogP contribution in [0.4, 0.5) is 0 Å². The molecule has 1 aliphatic carbocycles. The molecule has 3 saturated heterocycles. The maximum absolute atomic E-state index is 14.6. The van der Waals surface area contributed by atoms with Gasteiger partial charge < -0.3 is 19.3 Å². The maximum Gasteiger partial charge on any atom is 0.246 e. The first-order valence-corrected chi connectivity index (χ1v) is 16.6. The quantitative estimate of drug-likeness (QED) is 0.447. The Morgan fingerprint density at radius 3 is 2.84 bits per heavy atom. The summed E-state index contributed by atoms with van der Waals surface area (Å²) in [5, 5.41) is 16.9. The van der Waals surface area contributed by atoms with Gasteiger partial charge in [0.15, 0.2) is 12.1 Å². The van der Waals surface area contributed by atoms with Crippen LogP contribution >= 0.6 is 11.8 Å². The van der Waals surface area contributed by atoms with Gasteiger partial charge in [-0.25, -0.2) is 0 Å². The third-order valence-corrected chi connectivity index (χ3v) is 11.9. The summed E-state index contributed by atoms with van der Waals surface area (Å²) in [5.41, 5.74) is 2.48. The molecule has 0 aromatic heterocycles. The molecule has 1 aromatic carbocycles. The molecule has 232 valence electrons. The van der Waals surface area contributed by atoms with Crippen LogP contribution in [0, 0.1) is 17.2 Å². The Balaban J connectivity index is 1.24. The number of nitriles is 1. The molecule has 6 unspecified atom stereocenters. The number of thioether (sulfide) groups is 1. The summed E-state index contributed by atoms with van der Waals surface area (Å²) in [6.07, 6.45) is 5.68. The van der Waals surface area contributed by atoms with Gasteiger partial charge in [-0.1, -0.05) is 12.6 Å². The average Bonchev–Trinajstić information content (AvgIpc) is 3.45. The molecule has 4 heterocycles. The Morgan fingerprint density at radius 2 is 2.09 bits per heavy atom. The molecule has 1 aromatic rings. The number of fused-ring (bicyclic) bond motifs is 2. The van der Waals surface area contributed by atoms with E-state index in [4.69, 9.17) is 9.47 Å². The van der Waals surface area contributed by atoms with Crippen molar-refractivity contribution in [1.82, 2.24) is 25.3 Å². The van der Waals surface area contributed by atoms with Crippen LogP contribution in [0.15, 0.2) is 30.9 Å². The van der Waals surface area contributed by atoms with Crippen molar-refractivity contribution in [2.24, 2.45) is 5.92 Å². The van der Waals surface area contributed by atoms with Gasteiger partial charge in [0.1, 0.15) is 5.75 Å². The standard InChI is InChI=1S/C32H44N6O4S/c1-4-27(39)38-15-14-37(18-23(38)10-12-33)30-26-9-11-32(17-22-16-25(41-3)8-7-21(22)20-43-32)29(40)28(26)34-31(35-30)42-19-24-6-5-13-36(24)2/h4,7-8,16,23-24,26,28,30-31,34-35H,1,5-6,9-11,13-15,17-20H2,2-3H3/t23?,24?,26?,28?,30?,31?,32-/m1/s1. The fourth-order valence-corrected chi connectivity index (χ4v) is 9.32. The van der Waals surface area contributed by atoms with E-state index in [1.54, 1.807) is 23.8 Å². The molecule has 7 atom stereocenters. The van der Waals surface area contributed by atoms with Crippen molar-refractivity contribution in [2.75, 3.05) is 46.9 Å². The second kappa shape index (κ2) is 12.9. The predicted octanol–water partition coefficient (Wildman–Crippen LogP) is 2.10. The molecule has 10 nitrogen and oxygen atoms in total. The molecule has 0 radical (unpaired) electrons. The zero-order chi connectivity index (χ0) is 30.1. The number of carbonyl (C=O) groups excluding carboxylic acids is 2. The number of piperazine rings is 1. The van der Waals surface area contributed by atoms with E-state index in [0.717, 1.165) is 37.3 Å². The molecule has 11 heteroatoms. The number of nitrogens with one attached hydrogen (secondary N) is 2. The van der Waals surface area contributed by atoms with Gasteiger partial charge in [-0.15, -0.1) is 11.8 Å². The number of amides is 1. The van der Waals surface area contributed by atoms with Crippen molar-refractivity contribution < 1.29 is 19.1 Å². The molecular formula is C32H44N6O4S. The van der Waals surface area contributed by atoms with Crippen molar-refractivity contribution >= 4 is 23.5 Å². The number of nitrogens with zero attached hydrogens (tertiary/aromatic N) is 4. The van der Waals surface area contributed by atoms with E-state index >= 15 is 0 Å². The largest absolute Gasteiger partial charge is 0.497 e. The van der Waals surface area contributed by atoms with Crippen LogP contribution in [-0.4, -0.2) is 109 Å². The normalized spacial score (nSPS) is 34.8. The third-order valence-electron chi connectivity index (χ3n) is 10.3. The van der Waals surface area contributed by atoms with Crippen LogP contribution in [-0.2, 0) is 26.5 Å². The Hall–Kier alpha value is -2.46. The summed E-state index contributed by atoms with van der Waals surface area (Å²) in [5.74, 6) is 1.80. The van der Waals surface area contributed by atoms with Gasteiger partial charge in [-0.05, 0) is 75.0 Å². The van der Waals surface area contributed by atoms with E-state index < -0.39 is 11.1 Å². The average molecular weight is 609 g/mol. The molecule has 1 spiro atoms. The highest BCUT2D eigenvalue weighted by atomic mass is 32.2. The summed E-state index contributed by atoms with van der Waals surface area (Å²) >= 11 is 1.79. The van der Waals surface area contributed by atoms with Crippen LogP contribution in [0.2, 0.25) is 0 Å². The third kappa shape index (κ3) is 5.98. The minimum Gasteiger partial charge on any atom is -0.497 e. The Morgan fingerprint density at radius 1 is 1.23 bits per heavy atom. The lowest BCUT2D eigenvalue weighted by molar-refractivity contribution is -0.145. The zero-order valence-electron chi connectivity index (χ0n) is 25.3. The highest BCUT2D eigenvalue weighted by Crippen LogP contribution is 2.49. The molecule has 2 N–H and O–H groups in total. The van der Waals surface area contributed by atoms with E-state index in [9.17, 15) is 14.9 Å². The lowest BCUT2D eigenvalue weighted by atomic mass is 9.71.